The van der Waals surface area contributed by atoms with E-state index in [4.69, 9.17) is 16.3 Å². The van der Waals surface area contributed by atoms with Gasteiger partial charge in [-0.1, -0.05) is 29.8 Å². The summed E-state index contributed by atoms with van der Waals surface area (Å²) in [6.45, 7) is 1.85. The summed E-state index contributed by atoms with van der Waals surface area (Å²) in [5.41, 5.74) is -3.28. The van der Waals surface area contributed by atoms with Crippen LogP contribution in [0.3, 0.4) is 0 Å². The van der Waals surface area contributed by atoms with Crippen LogP contribution in [0.25, 0.3) is 0 Å². The smallest absolute Gasteiger partial charge is 0.450 e. The molecule has 2 aromatic rings. The number of halogens is 4. The highest BCUT2D eigenvalue weighted by Crippen LogP contribution is 2.38. The maximum atomic E-state index is 12.8. The number of carbonyl (C=O) groups is 1. The van der Waals surface area contributed by atoms with Crippen molar-refractivity contribution in [3.63, 3.8) is 0 Å². The van der Waals surface area contributed by atoms with Crippen molar-refractivity contribution in [1.82, 2.24) is 5.32 Å². The van der Waals surface area contributed by atoms with E-state index in [2.05, 4.69) is 9.50 Å². The number of rotatable bonds is 6. The van der Waals surface area contributed by atoms with Gasteiger partial charge in [-0.3, -0.25) is 0 Å². The average Bonchev–Trinajstić information content (AvgIpc) is 2.69. The Morgan fingerprint density at radius 3 is 2.62 bits per heavy atom. The SMILES string of the molecule is CCOC(=O)NC1CCc2ccc(OS(=O)(=O)C(F)(F)F)cc2C1Cc1cccc(Cl)c1. The van der Waals surface area contributed by atoms with Crippen LogP contribution in [0.2, 0.25) is 5.02 Å². The number of alkyl carbamates (subject to hydrolysis) is 1. The molecule has 1 amide bonds. The largest absolute Gasteiger partial charge is 0.534 e. The predicted octanol–water partition coefficient (Wildman–Crippen LogP) is 4.96. The molecule has 0 fully saturated rings. The molecule has 3 rings (SSSR count). The summed E-state index contributed by atoms with van der Waals surface area (Å²) in [6, 6.07) is 10.7. The normalized spacial score (nSPS) is 18.5. The Hall–Kier alpha value is -2.46. The first kappa shape index (κ1) is 24.2. The lowest BCUT2D eigenvalue weighted by atomic mass is 9.76. The van der Waals surface area contributed by atoms with Crippen LogP contribution in [-0.4, -0.2) is 32.7 Å². The van der Waals surface area contributed by atoms with Gasteiger partial charge in [0.05, 0.1) is 6.61 Å². The van der Waals surface area contributed by atoms with Crippen LogP contribution in [0.15, 0.2) is 42.5 Å². The summed E-state index contributed by atoms with van der Waals surface area (Å²) < 4.78 is 70.4. The zero-order chi connectivity index (χ0) is 23.5. The maximum absolute atomic E-state index is 12.8. The lowest BCUT2D eigenvalue weighted by Gasteiger charge is -2.34. The number of hydrogen-bond donors (Lipinski definition) is 1. The van der Waals surface area contributed by atoms with Gasteiger partial charge in [0.25, 0.3) is 0 Å². The molecule has 6 nitrogen and oxygen atoms in total. The molecule has 0 heterocycles. The molecule has 1 aliphatic rings. The first-order chi connectivity index (χ1) is 15.0. The van der Waals surface area contributed by atoms with Crippen molar-refractivity contribution < 1.29 is 35.3 Å². The second-order valence-corrected chi connectivity index (χ2v) is 9.27. The molecule has 0 aliphatic heterocycles. The van der Waals surface area contributed by atoms with Crippen LogP contribution in [-0.2, 0) is 27.7 Å². The third kappa shape index (κ3) is 5.66. The minimum atomic E-state index is -5.81. The number of aryl methyl sites for hydroxylation is 1. The van der Waals surface area contributed by atoms with Crippen molar-refractivity contribution in [1.29, 1.82) is 0 Å². The molecule has 2 aromatic carbocycles. The molecule has 1 N–H and O–H groups in total. The van der Waals surface area contributed by atoms with Crippen molar-refractivity contribution in [3.8, 4) is 5.75 Å². The minimum absolute atomic E-state index is 0.182. The summed E-state index contributed by atoms with van der Waals surface area (Å²) in [5.74, 6) is -0.826. The first-order valence-electron chi connectivity index (χ1n) is 9.81. The summed E-state index contributed by atoms with van der Waals surface area (Å²) in [4.78, 5) is 12.1. The Morgan fingerprint density at radius 2 is 1.97 bits per heavy atom. The number of benzene rings is 2. The standard InChI is InChI=1S/C21H21ClF3NO5S/c1-2-30-20(27)26-19-9-7-14-6-8-16(31-32(28,29)21(23,24)25)12-17(14)18(19)11-13-4-3-5-15(22)10-13/h3-6,8,10,12,18-19H,2,7,9,11H2,1H3,(H,26,27). The Balaban J connectivity index is 1.97. The van der Waals surface area contributed by atoms with Crippen LogP contribution >= 0.6 is 11.6 Å². The molecule has 0 aromatic heterocycles. The van der Waals surface area contributed by atoms with Gasteiger partial charge in [0.1, 0.15) is 5.75 Å². The fourth-order valence-electron chi connectivity index (χ4n) is 3.77. The quantitative estimate of drug-likeness (QED) is 0.456. The maximum Gasteiger partial charge on any atom is 0.534 e. The van der Waals surface area contributed by atoms with E-state index >= 15 is 0 Å². The van der Waals surface area contributed by atoms with Gasteiger partial charge in [-0.2, -0.15) is 21.6 Å². The van der Waals surface area contributed by atoms with E-state index in [0.717, 1.165) is 11.1 Å². The van der Waals surface area contributed by atoms with Gasteiger partial charge >= 0.3 is 21.7 Å². The van der Waals surface area contributed by atoms with Crippen molar-refractivity contribution in [3.05, 3.63) is 64.2 Å². The number of ether oxygens (including phenoxy) is 1. The monoisotopic (exact) mass is 491 g/mol. The zero-order valence-electron chi connectivity index (χ0n) is 17.0. The van der Waals surface area contributed by atoms with E-state index in [-0.39, 0.29) is 12.5 Å². The molecule has 0 saturated heterocycles. The third-order valence-electron chi connectivity index (χ3n) is 5.14. The highest BCUT2D eigenvalue weighted by Gasteiger charge is 2.48. The van der Waals surface area contributed by atoms with E-state index in [1.807, 2.05) is 6.07 Å². The highest BCUT2D eigenvalue weighted by molar-refractivity contribution is 7.88. The van der Waals surface area contributed by atoms with Gasteiger partial charge in [0, 0.05) is 17.0 Å². The van der Waals surface area contributed by atoms with Gasteiger partial charge in [-0.05, 0) is 67.1 Å². The molecule has 2 unspecified atom stereocenters. The van der Waals surface area contributed by atoms with E-state index in [1.54, 1.807) is 31.2 Å². The molecule has 174 valence electrons. The molecule has 32 heavy (non-hydrogen) atoms. The van der Waals surface area contributed by atoms with Crippen molar-refractivity contribution in [2.45, 2.75) is 43.7 Å². The molecule has 1 aliphatic carbocycles. The van der Waals surface area contributed by atoms with Gasteiger partial charge in [-0.15, -0.1) is 0 Å². The highest BCUT2D eigenvalue weighted by atomic mass is 35.5. The number of nitrogens with one attached hydrogen (secondary N) is 1. The minimum Gasteiger partial charge on any atom is -0.450 e. The number of fused-ring (bicyclic) bond motifs is 1. The number of carbonyl (C=O) groups excluding carboxylic acids is 1. The average molecular weight is 492 g/mol. The topological polar surface area (TPSA) is 81.7 Å². The van der Waals surface area contributed by atoms with E-state index in [1.165, 1.54) is 12.1 Å². The van der Waals surface area contributed by atoms with Crippen LogP contribution < -0.4 is 9.50 Å². The summed E-state index contributed by atoms with van der Waals surface area (Å²) in [7, 11) is -5.81. The van der Waals surface area contributed by atoms with Gasteiger partial charge in [0.2, 0.25) is 0 Å². The van der Waals surface area contributed by atoms with Crippen molar-refractivity contribution >= 4 is 27.8 Å². The zero-order valence-corrected chi connectivity index (χ0v) is 18.6. The lowest BCUT2D eigenvalue weighted by Crippen LogP contribution is -2.43. The van der Waals surface area contributed by atoms with Gasteiger partial charge in [0.15, 0.2) is 0 Å². The number of alkyl halides is 3. The summed E-state index contributed by atoms with van der Waals surface area (Å²) in [5, 5.41) is 3.32. The molecule has 2 atom stereocenters. The van der Waals surface area contributed by atoms with Crippen LogP contribution in [0.1, 0.15) is 36.0 Å². The molecular weight excluding hydrogens is 471 g/mol. The van der Waals surface area contributed by atoms with E-state index < -0.39 is 33.5 Å². The molecular formula is C21H21ClF3NO5S. The molecule has 0 spiro atoms. The molecule has 0 bridgehead atoms. The van der Waals surface area contributed by atoms with Crippen LogP contribution in [0.5, 0.6) is 5.75 Å². The Kier molecular flexibility index (Phi) is 7.24. The summed E-state index contributed by atoms with van der Waals surface area (Å²) >= 11 is 6.08. The van der Waals surface area contributed by atoms with Crippen LogP contribution in [0, 0.1) is 0 Å². The number of amides is 1. The summed E-state index contributed by atoms with van der Waals surface area (Å²) in [6.07, 6.45) is 0.896. The number of hydrogen-bond acceptors (Lipinski definition) is 5. The van der Waals surface area contributed by atoms with E-state index in [9.17, 15) is 26.4 Å². The first-order valence-corrected chi connectivity index (χ1v) is 11.6. The molecule has 0 saturated carbocycles. The van der Waals surface area contributed by atoms with Gasteiger partial charge < -0.3 is 14.2 Å². The Bertz CT molecular complexity index is 1090. The Morgan fingerprint density at radius 1 is 1.22 bits per heavy atom. The van der Waals surface area contributed by atoms with Crippen molar-refractivity contribution in [2.24, 2.45) is 0 Å². The molecule has 0 radical (unpaired) electrons. The second-order valence-electron chi connectivity index (χ2n) is 7.29. The van der Waals surface area contributed by atoms with Crippen molar-refractivity contribution in [2.75, 3.05) is 6.61 Å². The second kappa shape index (κ2) is 9.58. The fraction of sp³-hybridized carbons (Fsp3) is 0.381. The van der Waals surface area contributed by atoms with Crippen LogP contribution in [0.4, 0.5) is 18.0 Å². The molecule has 11 heteroatoms. The predicted molar refractivity (Wildman–Crippen MR) is 112 cm³/mol. The Labute approximate surface area is 188 Å². The van der Waals surface area contributed by atoms with E-state index in [0.29, 0.717) is 29.8 Å². The third-order valence-corrected chi connectivity index (χ3v) is 6.35. The fourth-order valence-corrected chi connectivity index (χ4v) is 4.43. The lowest BCUT2D eigenvalue weighted by molar-refractivity contribution is -0.0500. The van der Waals surface area contributed by atoms with Gasteiger partial charge in [-0.25, -0.2) is 4.79 Å².